The Morgan fingerprint density at radius 2 is 2.00 bits per heavy atom. The van der Waals surface area contributed by atoms with Crippen LogP contribution in [0.25, 0.3) is 0 Å². The maximum absolute atomic E-state index is 10.7. The molecule has 1 fully saturated rings. The van der Waals surface area contributed by atoms with E-state index in [0.717, 1.165) is 19.5 Å². The predicted octanol–water partition coefficient (Wildman–Crippen LogP) is 2.68. The van der Waals surface area contributed by atoms with E-state index < -0.39 is 13.4 Å². The Balaban J connectivity index is 1.87. The first kappa shape index (κ1) is 15.7. The van der Waals surface area contributed by atoms with Crippen LogP contribution in [0.2, 0.25) is 19.6 Å². The molecule has 0 saturated carbocycles. The van der Waals surface area contributed by atoms with Gasteiger partial charge in [-0.2, -0.15) is 0 Å². The Kier molecular flexibility index (Phi) is 4.69. The first-order valence-corrected chi connectivity index (χ1v) is 10.8. The summed E-state index contributed by atoms with van der Waals surface area (Å²) in [7, 11) is -1.75. The number of hydrogen-bond acceptors (Lipinski definition) is 3. The lowest BCUT2D eigenvalue weighted by molar-refractivity contribution is -0.0144. The monoisotopic (exact) mass is 292 g/mol. The van der Waals surface area contributed by atoms with Crippen LogP contribution in [0.4, 0.5) is 0 Å². The Bertz CT molecular complexity index is 428. The minimum absolute atomic E-state index is 0.194. The molecule has 0 aromatic heterocycles. The van der Waals surface area contributed by atoms with Crippen molar-refractivity contribution < 1.29 is 9.84 Å². The van der Waals surface area contributed by atoms with Crippen LogP contribution in [-0.2, 0) is 11.3 Å². The number of rotatable bonds is 5. The molecule has 2 atom stereocenters. The van der Waals surface area contributed by atoms with E-state index in [1.807, 2.05) is 18.2 Å². The Hall–Kier alpha value is -0.683. The number of likely N-dealkylation sites (tertiary alicyclic amines) is 1. The molecular formula is C16H26NO2Si. The first-order chi connectivity index (χ1) is 9.30. The van der Waals surface area contributed by atoms with Crippen molar-refractivity contribution in [2.24, 2.45) is 0 Å². The largest absolute Gasteiger partial charge is 0.379 e. The number of ether oxygens (including phenoxy) is 1. The lowest BCUT2D eigenvalue weighted by Gasteiger charge is -2.42. The molecule has 1 aromatic carbocycles. The summed E-state index contributed by atoms with van der Waals surface area (Å²) in [5.41, 5.74) is 1.20. The molecule has 0 amide bonds. The zero-order valence-electron chi connectivity index (χ0n) is 12.8. The van der Waals surface area contributed by atoms with Gasteiger partial charge in [-0.1, -0.05) is 50.0 Å². The van der Waals surface area contributed by atoms with Crippen LogP contribution < -0.4 is 0 Å². The summed E-state index contributed by atoms with van der Waals surface area (Å²) in [6, 6.07) is 10.2. The summed E-state index contributed by atoms with van der Waals surface area (Å²) in [6.07, 6.45) is 1.16. The van der Waals surface area contributed by atoms with Gasteiger partial charge in [0.15, 0.2) is 0 Å². The lowest BCUT2D eigenvalue weighted by atomic mass is 10.2. The van der Waals surface area contributed by atoms with Gasteiger partial charge in [-0.3, -0.25) is 4.90 Å². The van der Waals surface area contributed by atoms with Crippen LogP contribution in [0.3, 0.4) is 0 Å². The SMILES string of the molecule is [CH2]C(O)(N1CCC(OCc2ccccc2)C1)[Si](C)(C)C. The molecule has 2 unspecified atom stereocenters. The maximum atomic E-state index is 10.7. The summed E-state index contributed by atoms with van der Waals surface area (Å²) in [4.78, 5) is 2.09. The van der Waals surface area contributed by atoms with Crippen molar-refractivity contribution >= 4 is 8.07 Å². The predicted molar refractivity (Wildman–Crippen MR) is 84.9 cm³/mol. The Morgan fingerprint density at radius 1 is 1.35 bits per heavy atom. The topological polar surface area (TPSA) is 32.7 Å². The third-order valence-electron chi connectivity index (χ3n) is 4.20. The molecule has 1 heterocycles. The molecular weight excluding hydrogens is 266 g/mol. The van der Waals surface area contributed by atoms with E-state index in [9.17, 15) is 5.11 Å². The zero-order valence-corrected chi connectivity index (χ0v) is 13.8. The van der Waals surface area contributed by atoms with Crippen LogP contribution >= 0.6 is 0 Å². The summed E-state index contributed by atoms with van der Waals surface area (Å²) in [5.74, 6) is 0. The quantitative estimate of drug-likeness (QED) is 0.847. The Morgan fingerprint density at radius 3 is 2.60 bits per heavy atom. The number of nitrogens with zero attached hydrogens (tertiary/aromatic N) is 1. The molecule has 0 spiro atoms. The molecule has 3 nitrogen and oxygen atoms in total. The van der Waals surface area contributed by atoms with Crippen LogP contribution in [0, 0.1) is 6.92 Å². The fourth-order valence-corrected chi connectivity index (χ4v) is 3.61. The average molecular weight is 292 g/mol. The van der Waals surface area contributed by atoms with Crippen molar-refractivity contribution in [2.45, 2.75) is 44.1 Å². The molecule has 1 radical (unpaired) electrons. The van der Waals surface area contributed by atoms with Gasteiger partial charge in [-0.15, -0.1) is 0 Å². The van der Waals surface area contributed by atoms with Gasteiger partial charge in [0.05, 0.1) is 12.7 Å². The molecule has 1 saturated heterocycles. The van der Waals surface area contributed by atoms with E-state index in [1.165, 1.54) is 5.56 Å². The standard InChI is InChI=1S/C16H26NO2Si/c1-16(18,20(2,3)4)17-11-10-15(12-17)19-13-14-8-6-5-7-9-14/h5-9,15,18H,1,10-13H2,2-4H3. The molecule has 2 rings (SSSR count). The minimum atomic E-state index is -1.75. The molecule has 1 aliphatic heterocycles. The van der Waals surface area contributed by atoms with Gasteiger partial charge in [-0.05, 0) is 18.9 Å². The van der Waals surface area contributed by atoms with Gasteiger partial charge in [0.1, 0.15) is 13.4 Å². The van der Waals surface area contributed by atoms with Crippen molar-refractivity contribution in [3.63, 3.8) is 0 Å². The lowest BCUT2D eigenvalue weighted by Crippen LogP contribution is -2.61. The van der Waals surface area contributed by atoms with E-state index in [1.54, 1.807) is 0 Å². The van der Waals surface area contributed by atoms with Crippen LogP contribution in [0.5, 0.6) is 0 Å². The fraction of sp³-hybridized carbons (Fsp3) is 0.562. The highest BCUT2D eigenvalue weighted by Crippen LogP contribution is 2.29. The van der Waals surface area contributed by atoms with Gasteiger partial charge in [0, 0.05) is 13.1 Å². The summed E-state index contributed by atoms with van der Waals surface area (Å²) in [6.45, 7) is 12.8. The molecule has 1 N–H and O–H groups in total. The summed E-state index contributed by atoms with van der Waals surface area (Å²) < 4.78 is 5.96. The van der Waals surface area contributed by atoms with Crippen LogP contribution in [0.1, 0.15) is 12.0 Å². The molecule has 4 heteroatoms. The average Bonchev–Trinajstić information content (AvgIpc) is 2.85. The highest BCUT2D eigenvalue weighted by Gasteiger charge is 2.45. The van der Waals surface area contributed by atoms with E-state index in [2.05, 4.69) is 43.6 Å². The highest BCUT2D eigenvalue weighted by molar-refractivity contribution is 6.79. The van der Waals surface area contributed by atoms with Crippen LogP contribution in [0.15, 0.2) is 30.3 Å². The van der Waals surface area contributed by atoms with E-state index >= 15 is 0 Å². The third kappa shape index (κ3) is 3.50. The first-order valence-electron chi connectivity index (χ1n) is 7.29. The molecule has 1 aliphatic rings. The summed E-state index contributed by atoms with van der Waals surface area (Å²) >= 11 is 0. The van der Waals surface area contributed by atoms with Crippen molar-refractivity contribution in [3.8, 4) is 0 Å². The summed E-state index contributed by atoms with van der Waals surface area (Å²) in [5, 5.41) is 9.77. The van der Waals surface area contributed by atoms with Crippen LogP contribution in [-0.4, -0.2) is 42.6 Å². The Labute approximate surface area is 123 Å². The van der Waals surface area contributed by atoms with Crippen molar-refractivity contribution in [1.29, 1.82) is 0 Å². The number of aliphatic hydroxyl groups is 1. The normalized spacial score (nSPS) is 23.8. The van der Waals surface area contributed by atoms with Gasteiger partial charge < -0.3 is 9.84 Å². The van der Waals surface area contributed by atoms with Crippen molar-refractivity contribution in [2.75, 3.05) is 13.1 Å². The van der Waals surface area contributed by atoms with Gasteiger partial charge in [0.25, 0.3) is 0 Å². The molecule has 20 heavy (non-hydrogen) atoms. The maximum Gasteiger partial charge on any atom is 0.104 e. The highest BCUT2D eigenvalue weighted by atomic mass is 28.3. The van der Waals surface area contributed by atoms with E-state index in [0.29, 0.717) is 6.61 Å². The molecule has 0 aliphatic carbocycles. The van der Waals surface area contributed by atoms with E-state index in [4.69, 9.17) is 4.74 Å². The molecule has 111 valence electrons. The second-order valence-corrected chi connectivity index (χ2v) is 12.0. The van der Waals surface area contributed by atoms with E-state index in [-0.39, 0.29) is 6.10 Å². The molecule has 1 aromatic rings. The van der Waals surface area contributed by atoms with Gasteiger partial charge >= 0.3 is 0 Å². The van der Waals surface area contributed by atoms with Gasteiger partial charge in [0.2, 0.25) is 0 Å². The van der Waals surface area contributed by atoms with Crippen molar-refractivity contribution in [3.05, 3.63) is 42.8 Å². The number of benzene rings is 1. The minimum Gasteiger partial charge on any atom is -0.379 e. The fourth-order valence-electron chi connectivity index (χ4n) is 2.46. The number of hydrogen-bond donors (Lipinski definition) is 1. The second-order valence-electron chi connectivity index (χ2n) is 6.72. The molecule has 0 bridgehead atoms. The van der Waals surface area contributed by atoms with Crippen molar-refractivity contribution in [1.82, 2.24) is 4.90 Å². The van der Waals surface area contributed by atoms with Gasteiger partial charge in [-0.25, -0.2) is 0 Å². The zero-order chi connectivity index (χ0) is 14.8. The smallest absolute Gasteiger partial charge is 0.104 e. The third-order valence-corrected chi connectivity index (χ3v) is 6.92. The second kappa shape index (κ2) is 5.98.